The van der Waals surface area contributed by atoms with Crippen LogP contribution in [0.3, 0.4) is 0 Å². The number of anilines is 4. The molecule has 6 rings (SSSR count). The molecule has 0 radical (unpaired) electrons. The zero-order valence-corrected chi connectivity index (χ0v) is 26.7. The summed E-state index contributed by atoms with van der Waals surface area (Å²) < 4.78 is 44.3. The van der Waals surface area contributed by atoms with Crippen LogP contribution < -0.4 is 40.8 Å². The van der Waals surface area contributed by atoms with Gasteiger partial charge in [0.25, 0.3) is 0 Å². The lowest BCUT2D eigenvalue weighted by atomic mass is 10.0. The minimum Gasteiger partial charge on any atom is -0.455 e. The lowest BCUT2D eigenvalue weighted by molar-refractivity contribution is 0.103. The van der Waals surface area contributed by atoms with E-state index in [0.29, 0.717) is 56.9 Å². The average molecular weight is 677 g/mol. The van der Waals surface area contributed by atoms with Crippen LogP contribution in [0.25, 0.3) is 0 Å². The predicted molar refractivity (Wildman–Crippen MR) is 190 cm³/mol. The van der Waals surface area contributed by atoms with Gasteiger partial charge in [0.1, 0.15) is 34.5 Å². The van der Waals surface area contributed by atoms with E-state index in [1.54, 1.807) is 36.4 Å². The van der Waals surface area contributed by atoms with Crippen molar-refractivity contribution < 1.29 is 31.1 Å². The number of ether oxygens (including phenoxy) is 2. The van der Waals surface area contributed by atoms with E-state index >= 15 is 0 Å². The number of benzene rings is 6. The smallest absolute Gasteiger partial charge is 0.455 e. The van der Waals surface area contributed by atoms with Gasteiger partial charge in [-0.05, 0) is 109 Å². The van der Waals surface area contributed by atoms with Crippen molar-refractivity contribution in [3.63, 3.8) is 0 Å². The summed E-state index contributed by atoms with van der Waals surface area (Å²) in [4.78, 5) is 12.9. The minimum absolute atomic E-state index is 0.115. The molecule has 8 N–H and O–H groups in total. The molecular weight excluding hydrogens is 644 g/mol. The maximum absolute atomic E-state index is 12.9. The highest BCUT2D eigenvalue weighted by molar-refractivity contribution is 7.82. The first-order valence-corrected chi connectivity index (χ1v) is 16.0. The lowest BCUT2D eigenvalue weighted by Crippen LogP contribution is -2.16. The van der Waals surface area contributed by atoms with Crippen LogP contribution in [0.1, 0.15) is 15.9 Å². The molecule has 0 fully saturated rings. The number of ketones is 1. The molecule has 0 saturated heterocycles. The molecule has 0 bridgehead atoms. The molecule has 0 heterocycles. The van der Waals surface area contributed by atoms with Crippen molar-refractivity contribution in [3.8, 4) is 34.5 Å². The largest absolute Gasteiger partial charge is 0.500 e. The number of para-hydroxylation sites is 2. The summed E-state index contributed by atoms with van der Waals surface area (Å²) in [5.74, 6) is 2.36. The molecule has 0 amide bonds. The molecule has 12 heteroatoms. The maximum Gasteiger partial charge on any atom is 0.500 e. The molecule has 0 saturated carbocycles. The van der Waals surface area contributed by atoms with Crippen molar-refractivity contribution in [1.82, 2.24) is 0 Å². The van der Waals surface area contributed by atoms with E-state index in [1.807, 2.05) is 60.7 Å². The van der Waals surface area contributed by atoms with Crippen LogP contribution in [0.4, 0.5) is 22.7 Å². The van der Waals surface area contributed by atoms with Crippen molar-refractivity contribution in [2.75, 3.05) is 22.9 Å². The Hall–Kier alpha value is -6.66. The Balaban J connectivity index is 0.000000212. The second-order valence-corrected chi connectivity index (χ2v) is 11.5. The molecule has 0 aromatic heterocycles. The Morgan fingerprint density at radius 2 is 0.816 bits per heavy atom. The fourth-order valence-electron chi connectivity index (χ4n) is 4.26. The molecule has 248 valence electrons. The minimum atomic E-state index is -4.20. The molecule has 0 aliphatic carbocycles. The number of rotatable bonds is 10. The summed E-state index contributed by atoms with van der Waals surface area (Å²) in [6.45, 7) is 0. The highest BCUT2D eigenvalue weighted by Crippen LogP contribution is 2.31. The normalized spacial score (nSPS) is 10.6. The van der Waals surface area contributed by atoms with Gasteiger partial charge >= 0.3 is 10.4 Å². The van der Waals surface area contributed by atoms with Crippen molar-refractivity contribution in [1.29, 1.82) is 0 Å². The van der Waals surface area contributed by atoms with E-state index in [4.69, 9.17) is 40.8 Å². The number of nitrogens with two attached hydrogens (primary N) is 4. The van der Waals surface area contributed by atoms with Gasteiger partial charge in [0.2, 0.25) is 0 Å². The molecule has 49 heavy (non-hydrogen) atoms. The van der Waals surface area contributed by atoms with Crippen molar-refractivity contribution in [3.05, 3.63) is 157 Å². The third-order valence-electron chi connectivity index (χ3n) is 6.64. The summed E-state index contributed by atoms with van der Waals surface area (Å²) in [7, 11) is -4.20. The van der Waals surface area contributed by atoms with Crippen molar-refractivity contribution >= 4 is 38.9 Å². The Kier molecular flexibility index (Phi) is 10.5. The number of carbonyl (C=O) groups excluding carboxylic acids is 1. The third-order valence-corrected chi connectivity index (χ3v) is 7.44. The summed E-state index contributed by atoms with van der Waals surface area (Å²) in [5, 5.41) is 0. The van der Waals surface area contributed by atoms with Gasteiger partial charge in [-0.2, -0.15) is 0 Å². The van der Waals surface area contributed by atoms with Crippen LogP contribution in [0.15, 0.2) is 146 Å². The monoisotopic (exact) mass is 676 g/mol. The molecule has 0 atom stereocenters. The van der Waals surface area contributed by atoms with Gasteiger partial charge in [0.15, 0.2) is 5.78 Å². The highest BCUT2D eigenvalue weighted by Gasteiger charge is 2.16. The van der Waals surface area contributed by atoms with Gasteiger partial charge in [-0.1, -0.05) is 36.4 Å². The van der Waals surface area contributed by atoms with Gasteiger partial charge in [0.05, 0.1) is 11.4 Å². The van der Waals surface area contributed by atoms with E-state index in [2.05, 4.69) is 0 Å². The molecule has 0 aliphatic rings. The van der Waals surface area contributed by atoms with Crippen molar-refractivity contribution in [2.45, 2.75) is 0 Å². The first kappa shape index (κ1) is 33.7. The number of hydrogen-bond donors (Lipinski definition) is 4. The van der Waals surface area contributed by atoms with Crippen LogP contribution in [0.2, 0.25) is 0 Å². The summed E-state index contributed by atoms with van der Waals surface area (Å²) >= 11 is 0. The zero-order chi connectivity index (χ0) is 34.8. The van der Waals surface area contributed by atoms with E-state index in [-0.39, 0.29) is 17.3 Å². The fourth-order valence-corrected chi connectivity index (χ4v) is 4.99. The number of hydrogen-bond acceptors (Lipinski definition) is 11. The van der Waals surface area contributed by atoms with Gasteiger partial charge in [-0.3, -0.25) is 4.79 Å². The first-order chi connectivity index (χ1) is 23.5. The molecule has 6 aromatic carbocycles. The molecule has 0 aliphatic heterocycles. The van der Waals surface area contributed by atoms with Crippen LogP contribution in [-0.4, -0.2) is 14.2 Å². The maximum atomic E-state index is 12.9. The first-order valence-electron chi connectivity index (χ1n) is 14.7. The zero-order valence-electron chi connectivity index (χ0n) is 25.9. The van der Waals surface area contributed by atoms with Crippen LogP contribution in [0, 0.1) is 0 Å². The van der Waals surface area contributed by atoms with Gasteiger partial charge in [-0.15, -0.1) is 8.42 Å². The Bertz CT molecular complexity index is 1980. The van der Waals surface area contributed by atoms with Gasteiger partial charge in [0, 0.05) is 22.5 Å². The van der Waals surface area contributed by atoms with Crippen molar-refractivity contribution in [2.24, 2.45) is 0 Å². The SMILES string of the molecule is Nc1cc(C(=O)c2ccc(Oc3ccccc3)c(N)c2)ccc1Oc1ccccc1.Nc1ccc(OS(=O)(=O)Oc2ccc(N)cc2)cc1. The van der Waals surface area contributed by atoms with E-state index < -0.39 is 10.4 Å². The molecule has 0 spiro atoms. The quantitative estimate of drug-likeness (QED) is 0.0845. The Morgan fingerprint density at radius 1 is 0.449 bits per heavy atom. The predicted octanol–water partition coefficient (Wildman–Crippen LogP) is 7.22. The number of nitrogen functional groups attached to an aromatic ring is 4. The summed E-state index contributed by atoms with van der Waals surface area (Å²) in [6.07, 6.45) is 0. The standard InChI is InChI=1S/C25H20N2O3.C12H12N2O4S/c26-21-15-17(11-13-23(21)29-19-7-3-1-4-8-19)25(28)18-12-14-24(22(27)16-18)30-20-9-5-2-6-10-20;13-9-1-5-11(6-2-9)17-19(15,16)18-12-7-3-10(14)4-8-12/h1-16H,26-27H2;1-8H,13-14H2. The highest BCUT2D eigenvalue weighted by atomic mass is 32.3. The van der Waals surface area contributed by atoms with E-state index in [9.17, 15) is 13.2 Å². The molecule has 0 unspecified atom stereocenters. The molecule has 11 nitrogen and oxygen atoms in total. The summed E-state index contributed by atoms with van der Waals surface area (Å²) in [5.41, 5.74) is 25.8. The Labute approximate surface area is 283 Å². The lowest BCUT2D eigenvalue weighted by Gasteiger charge is -2.11. The van der Waals surface area contributed by atoms with Crippen LogP contribution in [-0.2, 0) is 10.4 Å². The third kappa shape index (κ3) is 9.67. The van der Waals surface area contributed by atoms with E-state index in [1.165, 1.54) is 48.5 Å². The second-order valence-electron chi connectivity index (χ2n) is 10.4. The van der Waals surface area contributed by atoms with Gasteiger partial charge in [-0.25, -0.2) is 0 Å². The second kappa shape index (κ2) is 15.3. The molecule has 6 aromatic rings. The van der Waals surface area contributed by atoms with Gasteiger partial charge < -0.3 is 40.8 Å². The average Bonchev–Trinajstić information content (AvgIpc) is 3.09. The summed E-state index contributed by atoms with van der Waals surface area (Å²) in [6, 6.07) is 40.4. The van der Waals surface area contributed by atoms with Crippen LogP contribution >= 0.6 is 0 Å². The van der Waals surface area contributed by atoms with Crippen LogP contribution in [0.5, 0.6) is 34.5 Å². The van der Waals surface area contributed by atoms with E-state index in [0.717, 1.165) is 0 Å². The fraction of sp³-hybridized carbons (Fsp3) is 0. The number of carbonyl (C=O) groups is 1. The molecular formula is C37H32N4O7S. The topological polar surface area (TPSA) is 192 Å². The Morgan fingerprint density at radius 3 is 1.16 bits per heavy atom.